The van der Waals surface area contributed by atoms with E-state index in [1.165, 1.54) is 0 Å². The van der Waals surface area contributed by atoms with Crippen LogP contribution in [0.25, 0.3) is 0 Å². The highest BCUT2D eigenvalue weighted by atomic mass is 79.9. The lowest BCUT2D eigenvalue weighted by molar-refractivity contribution is -0.142. The highest BCUT2D eigenvalue weighted by molar-refractivity contribution is 9.10. The Morgan fingerprint density at radius 2 is 2.11 bits per heavy atom. The summed E-state index contributed by atoms with van der Waals surface area (Å²) in [5.74, 6) is -0.672. The van der Waals surface area contributed by atoms with Crippen LogP contribution >= 0.6 is 15.9 Å². The van der Waals surface area contributed by atoms with Crippen molar-refractivity contribution in [2.75, 3.05) is 6.61 Å². The van der Waals surface area contributed by atoms with Crippen LogP contribution in [0.15, 0.2) is 16.6 Å². The third-order valence-corrected chi connectivity index (χ3v) is 2.91. The van der Waals surface area contributed by atoms with Crippen LogP contribution in [0.4, 0.5) is 13.2 Å². The Morgan fingerprint density at radius 1 is 1.47 bits per heavy atom. The number of hydrogen-bond acceptors (Lipinski definition) is 3. The molecule has 3 nitrogen and oxygen atoms in total. The van der Waals surface area contributed by atoms with Crippen molar-refractivity contribution in [1.82, 2.24) is 0 Å². The number of carbonyl (C=O) groups excluding carboxylic acids is 1. The normalized spacial score (nSPS) is 10.9. The van der Waals surface area contributed by atoms with Crippen LogP contribution in [0.2, 0.25) is 0 Å². The van der Waals surface area contributed by atoms with E-state index in [4.69, 9.17) is 5.26 Å². The maximum atomic E-state index is 12.7. The first-order valence-electron chi connectivity index (χ1n) is 5.25. The minimum absolute atomic E-state index is 0.00326. The first kappa shape index (κ1) is 15.5. The molecule has 0 aliphatic carbocycles. The van der Waals surface area contributed by atoms with Gasteiger partial charge in [0.1, 0.15) is 0 Å². The van der Waals surface area contributed by atoms with Crippen LogP contribution < -0.4 is 0 Å². The SMILES string of the molecule is CCOC(=O)Cc1cc(C(F)(F)F)c(Br)cc1C#N. The fourth-order valence-electron chi connectivity index (χ4n) is 1.45. The van der Waals surface area contributed by atoms with Gasteiger partial charge in [-0.1, -0.05) is 15.9 Å². The third kappa shape index (κ3) is 3.96. The molecule has 0 amide bonds. The smallest absolute Gasteiger partial charge is 0.417 e. The second-order valence-corrected chi connectivity index (χ2v) is 4.43. The van der Waals surface area contributed by atoms with Gasteiger partial charge in [-0.3, -0.25) is 4.79 Å². The van der Waals surface area contributed by atoms with Gasteiger partial charge in [0.25, 0.3) is 0 Å². The first-order valence-corrected chi connectivity index (χ1v) is 6.04. The van der Waals surface area contributed by atoms with Crippen molar-refractivity contribution in [3.05, 3.63) is 33.3 Å². The second-order valence-electron chi connectivity index (χ2n) is 3.58. The molecule has 0 fully saturated rings. The summed E-state index contributed by atoms with van der Waals surface area (Å²) in [7, 11) is 0. The molecule has 102 valence electrons. The molecule has 0 spiro atoms. The van der Waals surface area contributed by atoms with Gasteiger partial charge in [-0.2, -0.15) is 18.4 Å². The van der Waals surface area contributed by atoms with E-state index >= 15 is 0 Å². The zero-order chi connectivity index (χ0) is 14.6. The summed E-state index contributed by atoms with van der Waals surface area (Å²) in [6.07, 6.45) is -4.93. The van der Waals surface area contributed by atoms with Gasteiger partial charge in [0.05, 0.1) is 30.2 Å². The van der Waals surface area contributed by atoms with Gasteiger partial charge in [-0.15, -0.1) is 0 Å². The Bertz CT molecular complexity index is 535. The molecule has 0 bridgehead atoms. The maximum absolute atomic E-state index is 12.7. The summed E-state index contributed by atoms with van der Waals surface area (Å²) in [4.78, 5) is 11.3. The van der Waals surface area contributed by atoms with Crippen LogP contribution in [0.1, 0.15) is 23.6 Å². The van der Waals surface area contributed by atoms with Gasteiger partial charge in [0, 0.05) is 4.47 Å². The number of carbonyl (C=O) groups is 1. The largest absolute Gasteiger partial charge is 0.466 e. The van der Waals surface area contributed by atoms with E-state index in [1.54, 1.807) is 13.0 Å². The van der Waals surface area contributed by atoms with Gasteiger partial charge >= 0.3 is 12.1 Å². The molecule has 19 heavy (non-hydrogen) atoms. The van der Waals surface area contributed by atoms with Crippen LogP contribution in [-0.2, 0) is 22.1 Å². The molecule has 0 unspecified atom stereocenters. The Balaban J connectivity index is 3.23. The Hall–Kier alpha value is -1.55. The van der Waals surface area contributed by atoms with Gasteiger partial charge in [0.15, 0.2) is 0 Å². The molecule has 0 radical (unpaired) electrons. The number of esters is 1. The molecule has 1 aromatic rings. The van der Waals surface area contributed by atoms with E-state index < -0.39 is 17.7 Å². The average Bonchev–Trinajstić information content (AvgIpc) is 2.29. The number of hydrogen-bond donors (Lipinski definition) is 0. The summed E-state index contributed by atoms with van der Waals surface area (Å²) >= 11 is 2.77. The van der Waals surface area contributed by atoms with E-state index in [1.807, 2.05) is 0 Å². The second kappa shape index (κ2) is 6.06. The lowest BCUT2D eigenvalue weighted by atomic mass is 10.0. The molecule has 0 aromatic heterocycles. The van der Waals surface area contributed by atoms with Crippen molar-refractivity contribution >= 4 is 21.9 Å². The molecule has 1 rings (SSSR count). The molecule has 1 aromatic carbocycles. The first-order chi connectivity index (χ1) is 8.79. The molecule has 0 aliphatic heterocycles. The number of ether oxygens (including phenoxy) is 1. The predicted molar refractivity (Wildman–Crippen MR) is 64.2 cm³/mol. The fraction of sp³-hybridized carbons (Fsp3) is 0.333. The van der Waals surface area contributed by atoms with Crippen molar-refractivity contribution in [2.45, 2.75) is 19.5 Å². The number of alkyl halides is 3. The minimum atomic E-state index is -4.56. The highest BCUT2D eigenvalue weighted by Gasteiger charge is 2.34. The van der Waals surface area contributed by atoms with E-state index in [-0.39, 0.29) is 28.6 Å². The molecular weight excluding hydrogens is 327 g/mol. The third-order valence-electron chi connectivity index (χ3n) is 2.26. The monoisotopic (exact) mass is 335 g/mol. The lowest BCUT2D eigenvalue weighted by Crippen LogP contribution is -2.12. The van der Waals surface area contributed by atoms with Crippen LogP contribution in [0.5, 0.6) is 0 Å². The molecular formula is C12H9BrF3NO2. The number of nitrogens with zero attached hydrogens (tertiary/aromatic N) is 1. The Kier molecular flexibility index (Phi) is 4.95. The summed E-state index contributed by atoms with van der Waals surface area (Å²) in [5.41, 5.74) is -0.921. The van der Waals surface area contributed by atoms with Crippen molar-refractivity contribution in [1.29, 1.82) is 5.26 Å². The molecule has 0 aliphatic rings. The summed E-state index contributed by atoms with van der Waals surface area (Å²) in [6.45, 7) is 1.72. The molecule has 0 N–H and O–H groups in total. The van der Waals surface area contributed by atoms with E-state index in [9.17, 15) is 18.0 Å². The van der Waals surface area contributed by atoms with Gasteiger partial charge in [-0.05, 0) is 24.6 Å². The Labute approximate surface area is 116 Å². The Morgan fingerprint density at radius 3 is 2.58 bits per heavy atom. The average molecular weight is 336 g/mol. The molecule has 7 heteroatoms. The minimum Gasteiger partial charge on any atom is -0.466 e. The molecule has 0 atom stereocenters. The number of rotatable bonds is 3. The van der Waals surface area contributed by atoms with Crippen LogP contribution in [0.3, 0.4) is 0 Å². The zero-order valence-corrected chi connectivity index (χ0v) is 11.4. The number of benzene rings is 1. The molecule has 0 saturated carbocycles. The number of nitriles is 1. The van der Waals surface area contributed by atoms with Crippen molar-refractivity contribution in [3.8, 4) is 6.07 Å². The molecule has 0 heterocycles. The molecule has 0 saturated heterocycles. The van der Waals surface area contributed by atoms with Crippen molar-refractivity contribution in [2.24, 2.45) is 0 Å². The highest BCUT2D eigenvalue weighted by Crippen LogP contribution is 2.36. The quantitative estimate of drug-likeness (QED) is 0.795. The predicted octanol–water partition coefficient (Wildman–Crippen LogP) is 3.45. The summed E-state index contributed by atoms with van der Waals surface area (Å²) in [5, 5.41) is 8.88. The van der Waals surface area contributed by atoms with Gasteiger partial charge in [-0.25, -0.2) is 0 Å². The number of halogens is 4. The van der Waals surface area contributed by atoms with Crippen LogP contribution in [-0.4, -0.2) is 12.6 Å². The summed E-state index contributed by atoms with van der Waals surface area (Å²) < 4.78 is 42.6. The van der Waals surface area contributed by atoms with E-state index in [0.717, 1.165) is 12.1 Å². The van der Waals surface area contributed by atoms with E-state index in [2.05, 4.69) is 20.7 Å². The van der Waals surface area contributed by atoms with E-state index in [0.29, 0.717) is 0 Å². The van der Waals surface area contributed by atoms with Crippen molar-refractivity contribution < 1.29 is 22.7 Å². The zero-order valence-electron chi connectivity index (χ0n) is 9.84. The standard InChI is InChI=1S/C12H9BrF3NO2/c1-2-19-11(18)5-7-3-9(12(14,15)16)10(13)4-8(7)6-17/h3-4H,2,5H2,1H3. The summed E-state index contributed by atoms with van der Waals surface area (Å²) in [6, 6.07) is 3.60. The van der Waals surface area contributed by atoms with Gasteiger partial charge in [0.2, 0.25) is 0 Å². The van der Waals surface area contributed by atoms with Crippen molar-refractivity contribution in [3.63, 3.8) is 0 Å². The van der Waals surface area contributed by atoms with Crippen LogP contribution in [0, 0.1) is 11.3 Å². The van der Waals surface area contributed by atoms with Gasteiger partial charge < -0.3 is 4.74 Å². The lowest BCUT2D eigenvalue weighted by Gasteiger charge is -2.12. The maximum Gasteiger partial charge on any atom is 0.417 e. The fourth-order valence-corrected chi connectivity index (χ4v) is 2.02. The topological polar surface area (TPSA) is 50.1 Å².